The molecule has 2 unspecified atom stereocenters. The second kappa shape index (κ2) is 7.25. The van der Waals surface area contributed by atoms with Crippen molar-refractivity contribution in [3.63, 3.8) is 0 Å². The Labute approximate surface area is 136 Å². The quantitative estimate of drug-likeness (QED) is 0.721. The van der Waals surface area contributed by atoms with Gasteiger partial charge in [0, 0.05) is 18.7 Å². The normalized spacial score (nSPS) is 25.4. The molecule has 2 fully saturated rings. The number of hydrogen-bond donors (Lipinski definition) is 3. The first-order chi connectivity index (χ1) is 11.1. The number of carbonyl (C=O) groups excluding carboxylic acids is 1. The van der Waals surface area contributed by atoms with Crippen LogP contribution in [0.15, 0.2) is 6.20 Å². The van der Waals surface area contributed by atoms with Crippen LogP contribution in [0.3, 0.4) is 0 Å². The Hall–Kier alpha value is -1.69. The molecule has 2 saturated carbocycles. The van der Waals surface area contributed by atoms with Crippen molar-refractivity contribution in [1.82, 2.24) is 9.97 Å². The minimum absolute atomic E-state index is 0.158. The number of hydrogen-bond acceptors (Lipinski definition) is 5. The monoisotopic (exact) mass is 318 g/mol. The molecule has 3 rings (SSSR count). The third-order valence-corrected chi connectivity index (χ3v) is 5.08. The predicted molar refractivity (Wildman–Crippen MR) is 88.1 cm³/mol. The van der Waals surface area contributed by atoms with Crippen molar-refractivity contribution in [2.45, 2.75) is 69.9 Å². The summed E-state index contributed by atoms with van der Waals surface area (Å²) in [6.45, 7) is 0. The van der Waals surface area contributed by atoms with E-state index in [-0.39, 0.29) is 6.10 Å². The molecule has 2 aliphatic carbocycles. The maximum Gasteiger partial charge on any atom is 0.254 e. The van der Waals surface area contributed by atoms with Gasteiger partial charge in [-0.1, -0.05) is 6.42 Å². The summed E-state index contributed by atoms with van der Waals surface area (Å²) in [4.78, 5) is 20.5. The summed E-state index contributed by atoms with van der Waals surface area (Å²) in [6, 6.07) is 0.392. The van der Waals surface area contributed by atoms with E-state index in [0.29, 0.717) is 23.3 Å². The van der Waals surface area contributed by atoms with E-state index in [1.165, 1.54) is 6.42 Å². The Morgan fingerprint density at radius 2 is 2.00 bits per heavy atom. The van der Waals surface area contributed by atoms with Crippen LogP contribution in [0.1, 0.15) is 67.5 Å². The van der Waals surface area contributed by atoms with E-state index in [1.807, 2.05) is 0 Å². The fourth-order valence-electron chi connectivity index (χ4n) is 3.37. The molecule has 6 nitrogen and oxygen atoms in total. The van der Waals surface area contributed by atoms with Gasteiger partial charge in [-0.3, -0.25) is 4.79 Å². The van der Waals surface area contributed by atoms with Crippen LogP contribution in [0.5, 0.6) is 0 Å². The molecule has 1 heterocycles. The zero-order valence-electron chi connectivity index (χ0n) is 13.5. The molecule has 2 atom stereocenters. The number of aliphatic hydroxyl groups excluding tert-OH is 1. The Kier molecular flexibility index (Phi) is 5.10. The number of nitrogens with zero attached hydrogens (tertiary/aromatic N) is 2. The van der Waals surface area contributed by atoms with Gasteiger partial charge >= 0.3 is 0 Å². The van der Waals surface area contributed by atoms with Crippen LogP contribution in [0, 0.1) is 5.92 Å². The van der Waals surface area contributed by atoms with Crippen molar-refractivity contribution in [2.75, 3.05) is 5.32 Å². The molecule has 4 N–H and O–H groups in total. The Bertz CT molecular complexity index is 560. The highest BCUT2D eigenvalue weighted by molar-refractivity contribution is 5.97. The first-order valence-corrected chi connectivity index (χ1v) is 8.72. The Balaban J connectivity index is 1.71. The number of carbonyl (C=O) groups is 1. The number of primary amides is 1. The van der Waals surface area contributed by atoms with Gasteiger partial charge in [0.15, 0.2) is 0 Å². The van der Waals surface area contributed by atoms with Gasteiger partial charge in [-0.15, -0.1) is 0 Å². The third kappa shape index (κ3) is 4.19. The summed E-state index contributed by atoms with van der Waals surface area (Å²) in [6.07, 6.45) is 10.5. The lowest BCUT2D eigenvalue weighted by Gasteiger charge is -2.27. The number of nitrogens with one attached hydrogen (secondary N) is 1. The topological polar surface area (TPSA) is 101 Å². The lowest BCUT2D eigenvalue weighted by molar-refractivity contribution is 0.1000. The molecule has 1 aromatic heterocycles. The van der Waals surface area contributed by atoms with Crippen LogP contribution in [0.2, 0.25) is 0 Å². The van der Waals surface area contributed by atoms with Crippen molar-refractivity contribution in [3.8, 4) is 0 Å². The van der Waals surface area contributed by atoms with Gasteiger partial charge in [0.25, 0.3) is 5.91 Å². The van der Waals surface area contributed by atoms with Gasteiger partial charge in [-0.05, 0) is 50.9 Å². The van der Waals surface area contributed by atoms with E-state index in [0.717, 1.165) is 57.2 Å². The lowest BCUT2D eigenvalue weighted by Crippen LogP contribution is -2.29. The molecule has 0 bridgehead atoms. The summed E-state index contributed by atoms with van der Waals surface area (Å²) in [7, 11) is 0. The molecule has 0 saturated heterocycles. The van der Waals surface area contributed by atoms with E-state index in [2.05, 4.69) is 15.3 Å². The van der Waals surface area contributed by atoms with Crippen LogP contribution < -0.4 is 11.1 Å². The second-order valence-electron chi connectivity index (χ2n) is 6.92. The number of amides is 1. The Morgan fingerprint density at radius 1 is 1.22 bits per heavy atom. The Morgan fingerprint density at radius 3 is 2.70 bits per heavy atom. The summed E-state index contributed by atoms with van der Waals surface area (Å²) in [5.74, 6) is 1.36. The van der Waals surface area contributed by atoms with Gasteiger partial charge in [-0.25, -0.2) is 9.97 Å². The van der Waals surface area contributed by atoms with Crippen LogP contribution in [-0.2, 0) is 6.42 Å². The molecule has 6 heteroatoms. The molecule has 1 amide bonds. The van der Waals surface area contributed by atoms with Crippen molar-refractivity contribution in [3.05, 3.63) is 17.6 Å². The van der Waals surface area contributed by atoms with Gasteiger partial charge in [0.2, 0.25) is 0 Å². The van der Waals surface area contributed by atoms with Crippen molar-refractivity contribution >= 4 is 11.7 Å². The van der Waals surface area contributed by atoms with E-state index in [9.17, 15) is 9.90 Å². The largest absolute Gasteiger partial charge is 0.393 e. The van der Waals surface area contributed by atoms with E-state index < -0.39 is 5.91 Å². The fraction of sp³-hybridized carbons (Fsp3) is 0.706. The average molecular weight is 318 g/mol. The summed E-state index contributed by atoms with van der Waals surface area (Å²) >= 11 is 0. The van der Waals surface area contributed by atoms with Crippen LogP contribution >= 0.6 is 0 Å². The minimum Gasteiger partial charge on any atom is -0.393 e. The average Bonchev–Trinajstić information content (AvgIpc) is 2.68. The fourth-order valence-corrected chi connectivity index (χ4v) is 3.37. The summed E-state index contributed by atoms with van der Waals surface area (Å²) in [5, 5.41) is 13.1. The molecular formula is C17H26N4O2. The molecule has 0 aliphatic heterocycles. The number of aliphatic hydroxyl groups is 1. The number of nitrogens with two attached hydrogens (primary N) is 1. The predicted octanol–water partition coefficient (Wildman–Crippen LogP) is 2.02. The molecule has 2 aliphatic rings. The van der Waals surface area contributed by atoms with Crippen LogP contribution in [0.4, 0.5) is 5.82 Å². The maximum atomic E-state index is 11.6. The van der Waals surface area contributed by atoms with E-state index >= 15 is 0 Å². The maximum absolute atomic E-state index is 11.6. The summed E-state index contributed by atoms with van der Waals surface area (Å²) in [5.41, 5.74) is 5.81. The number of rotatable bonds is 5. The van der Waals surface area contributed by atoms with Crippen LogP contribution in [-0.4, -0.2) is 33.1 Å². The summed E-state index contributed by atoms with van der Waals surface area (Å²) < 4.78 is 0. The van der Waals surface area contributed by atoms with Crippen LogP contribution in [0.25, 0.3) is 0 Å². The highest BCUT2D eigenvalue weighted by Crippen LogP contribution is 2.27. The van der Waals surface area contributed by atoms with Gasteiger partial charge < -0.3 is 16.2 Å². The van der Waals surface area contributed by atoms with Gasteiger partial charge in [0.05, 0.1) is 11.7 Å². The molecule has 0 spiro atoms. The molecule has 1 aromatic rings. The van der Waals surface area contributed by atoms with Gasteiger partial charge in [-0.2, -0.15) is 0 Å². The van der Waals surface area contributed by atoms with Gasteiger partial charge in [0.1, 0.15) is 11.6 Å². The number of aromatic nitrogens is 2. The molecule has 0 radical (unpaired) electrons. The first-order valence-electron chi connectivity index (χ1n) is 8.72. The molecule has 0 aromatic carbocycles. The van der Waals surface area contributed by atoms with Crippen molar-refractivity contribution in [2.24, 2.45) is 11.7 Å². The SMILES string of the molecule is NC(=O)c1cnc(CC2CCCC(O)CC2)nc1NC1CCC1. The van der Waals surface area contributed by atoms with E-state index in [4.69, 9.17) is 5.73 Å². The zero-order valence-corrected chi connectivity index (χ0v) is 13.5. The number of anilines is 1. The molecular weight excluding hydrogens is 292 g/mol. The minimum atomic E-state index is -0.490. The highest BCUT2D eigenvalue weighted by Gasteiger charge is 2.22. The standard InChI is InChI=1S/C17H26N4O2/c18-16(23)14-10-19-15(21-17(14)20-12-4-2-5-12)9-11-3-1-6-13(22)8-7-11/h10-13,22H,1-9H2,(H2,18,23)(H,19,20,21). The highest BCUT2D eigenvalue weighted by atomic mass is 16.3. The zero-order chi connectivity index (χ0) is 16.2. The third-order valence-electron chi connectivity index (χ3n) is 5.08. The second-order valence-corrected chi connectivity index (χ2v) is 6.92. The van der Waals surface area contributed by atoms with Crippen molar-refractivity contribution < 1.29 is 9.90 Å². The lowest BCUT2D eigenvalue weighted by atomic mass is 9.93. The molecule has 23 heavy (non-hydrogen) atoms. The van der Waals surface area contributed by atoms with E-state index in [1.54, 1.807) is 6.20 Å². The molecule has 126 valence electrons. The first kappa shape index (κ1) is 16.2. The van der Waals surface area contributed by atoms with Crippen molar-refractivity contribution in [1.29, 1.82) is 0 Å². The smallest absolute Gasteiger partial charge is 0.254 e.